The Balaban J connectivity index is 2.83. The maximum absolute atomic E-state index is 12.1. The molecule has 0 aliphatic carbocycles. The first kappa shape index (κ1) is 16.8. The molecule has 1 aliphatic rings. The summed E-state index contributed by atoms with van der Waals surface area (Å²) in [4.78, 5) is 25.0. The quantitative estimate of drug-likeness (QED) is 0.846. The van der Waals surface area contributed by atoms with E-state index in [4.69, 9.17) is 4.74 Å². The molecule has 5 heteroatoms. The second kappa shape index (κ2) is 5.62. The lowest BCUT2D eigenvalue weighted by Gasteiger charge is -2.30. The number of aliphatic carboxylic acids is 1. The van der Waals surface area contributed by atoms with E-state index in [0.717, 1.165) is 6.42 Å². The molecule has 0 radical (unpaired) electrons. The number of amides is 1. The number of carbonyl (C=O) groups is 2. The number of rotatable bonds is 2. The molecule has 1 rings (SSSR count). The number of carboxylic acid groups (broad SMARTS) is 1. The second-order valence-electron chi connectivity index (χ2n) is 7.77. The number of likely N-dealkylation sites (tertiary alicyclic amines) is 1. The van der Waals surface area contributed by atoms with E-state index in [-0.39, 0.29) is 11.3 Å². The zero-order valence-electron chi connectivity index (χ0n) is 13.4. The van der Waals surface area contributed by atoms with Gasteiger partial charge in [-0.3, -0.25) is 4.90 Å². The zero-order chi connectivity index (χ0) is 15.7. The molecule has 20 heavy (non-hydrogen) atoms. The van der Waals surface area contributed by atoms with Crippen LogP contribution in [0, 0.1) is 11.3 Å². The summed E-state index contributed by atoms with van der Waals surface area (Å²) in [6, 6.07) is -0.774. The molecule has 0 aromatic rings. The van der Waals surface area contributed by atoms with Crippen LogP contribution >= 0.6 is 0 Å². The van der Waals surface area contributed by atoms with Crippen molar-refractivity contribution in [2.75, 3.05) is 6.54 Å². The van der Waals surface area contributed by atoms with Crippen molar-refractivity contribution in [1.29, 1.82) is 0 Å². The van der Waals surface area contributed by atoms with Gasteiger partial charge in [0.05, 0.1) is 0 Å². The number of ether oxygens (including phenoxy) is 1. The Bertz CT molecular complexity index is 378. The summed E-state index contributed by atoms with van der Waals surface area (Å²) in [5, 5.41) is 9.45. The van der Waals surface area contributed by atoms with Crippen LogP contribution in [0.2, 0.25) is 0 Å². The maximum Gasteiger partial charge on any atom is 0.411 e. The maximum atomic E-state index is 12.1. The van der Waals surface area contributed by atoms with Gasteiger partial charge in [-0.25, -0.2) is 9.59 Å². The summed E-state index contributed by atoms with van der Waals surface area (Å²) in [6.45, 7) is 12.1. The van der Waals surface area contributed by atoms with E-state index in [0.29, 0.717) is 13.0 Å². The highest BCUT2D eigenvalue weighted by Crippen LogP contribution is 2.35. The average Bonchev–Trinajstić information content (AvgIpc) is 2.55. The molecule has 116 valence electrons. The van der Waals surface area contributed by atoms with Gasteiger partial charge in [0, 0.05) is 6.54 Å². The van der Waals surface area contributed by atoms with E-state index in [1.54, 1.807) is 20.8 Å². The van der Waals surface area contributed by atoms with Crippen LogP contribution in [0.5, 0.6) is 0 Å². The molecule has 1 fully saturated rings. The fourth-order valence-electron chi connectivity index (χ4n) is 2.72. The van der Waals surface area contributed by atoms with E-state index < -0.39 is 23.7 Å². The first-order valence-corrected chi connectivity index (χ1v) is 7.13. The van der Waals surface area contributed by atoms with Crippen molar-refractivity contribution < 1.29 is 19.4 Å². The van der Waals surface area contributed by atoms with E-state index in [2.05, 4.69) is 20.8 Å². The number of carbonyl (C=O) groups excluding carboxylic acids is 1. The van der Waals surface area contributed by atoms with Crippen LogP contribution in [0.3, 0.4) is 0 Å². The lowest BCUT2D eigenvalue weighted by Crippen LogP contribution is -2.46. The summed E-state index contributed by atoms with van der Waals surface area (Å²) in [7, 11) is 0. The number of hydrogen-bond acceptors (Lipinski definition) is 3. The fraction of sp³-hybridized carbons (Fsp3) is 0.867. The molecule has 2 atom stereocenters. The van der Waals surface area contributed by atoms with Crippen LogP contribution in [0.1, 0.15) is 54.4 Å². The van der Waals surface area contributed by atoms with E-state index in [1.807, 2.05) is 0 Å². The third-order valence-corrected chi connectivity index (χ3v) is 3.28. The predicted molar refractivity (Wildman–Crippen MR) is 76.5 cm³/mol. The van der Waals surface area contributed by atoms with Gasteiger partial charge in [0.25, 0.3) is 0 Å². The monoisotopic (exact) mass is 285 g/mol. The van der Waals surface area contributed by atoms with Gasteiger partial charge in [0.15, 0.2) is 0 Å². The molecule has 0 spiro atoms. The summed E-state index contributed by atoms with van der Waals surface area (Å²) in [5.41, 5.74) is -0.565. The third kappa shape index (κ3) is 4.69. The summed E-state index contributed by atoms with van der Waals surface area (Å²) in [6.07, 6.45) is 0.970. The van der Waals surface area contributed by atoms with Crippen LogP contribution in [-0.4, -0.2) is 40.3 Å². The molecule has 0 aromatic carbocycles. The minimum absolute atomic E-state index is 0.0139. The van der Waals surface area contributed by atoms with Crippen molar-refractivity contribution in [2.24, 2.45) is 11.3 Å². The highest BCUT2D eigenvalue weighted by Gasteiger charge is 2.44. The molecule has 1 aliphatic heterocycles. The summed E-state index contributed by atoms with van der Waals surface area (Å²) < 4.78 is 5.30. The first-order chi connectivity index (χ1) is 8.91. The first-order valence-electron chi connectivity index (χ1n) is 7.13. The Morgan fingerprint density at radius 2 is 1.75 bits per heavy atom. The molecule has 1 saturated heterocycles. The van der Waals surface area contributed by atoms with Crippen molar-refractivity contribution in [1.82, 2.24) is 4.90 Å². The third-order valence-electron chi connectivity index (χ3n) is 3.28. The largest absolute Gasteiger partial charge is 0.480 e. The van der Waals surface area contributed by atoms with Crippen molar-refractivity contribution in [3.05, 3.63) is 0 Å². The van der Waals surface area contributed by atoms with Gasteiger partial charge in [0.1, 0.15) is 11.6 Å². The fourth-order valence-corrected chi connectivity index (χ4v) is 2.72. The predicted octanol–water partition coefficient (Wildman–Crippen LogP) is 3.13. The van der Waals surface area contributed by atoms with Crippen molar-refractivity contribution in [3.63, 3.8) is 0 Å². The Labute approximate surface area is 121 Å². The Morgan fingerprint density at radius 3 is 2.15 bits per heavy atom. The van der Waals surface area contributed by atoms with E-state index in [9.17, 15) is 14.7 Å². The number of hydrogen-bond donors (Lipinski definition) is 1. The minimum atomic E-state index is -0.942. The van der Waals surface area contributed by atoms with Crippen LogP contribution in [0.25, 0.3) is 0 Å². The van der Waals surface area contributed by atoms with Gasteiger partial charge in [-0.2, -0.15) is 0 Å². The zero-order valence-corrected chi connectivity index (χ0v) is 13.4. The van der Waals surface area contributed by atoms with Crippen LogP contribution in [0.15, 0.2) is 0 Å². The van der Waals surface area contributed by atoms with Crippen molar-refractivity contribution >= 4 is 12.1 Å². The molecule has 0 aromatic heterocycles. The van der Waals surface area contributed by atoms with Gasteiger partial charge in [-0.1, -0.05) is 20.8 Å². The molecule has 1 amide bonds. The molecule has 0 saturated carbocycles. The Kier molecular flexibility index (Phi) is 4.72. The molecular weight excluding hydrogens is 258 g/mol. The molecule has 0 unspecified atom stereocenters. The van der Waals surface area contributed by atoms with Gasteiger partial charge in [-0.15, -0.1) is 0 Å². The number of carboxylic acids is 1. The Hall–Kier alpha value is -1.26. The molecule has 1 heterocycles. The smallest absolute Gasteiger partial charge is 0.411 e. The summed E-state index contributed by atoms with van der Waals surface area (Å²) in [5.74, 6) is -0.956. The SMILES string of the molecule is CC(C)(C)C[C@H]1CCN(C(=O)OC(C)(C)C)[C@H]1C(=O)O. The highest BCUT2D eigenvalue weighted by molar-refractivity contribution is 5.81. The molecule has 1 N–H and O–H groups in total. The molecule has 5 nitrogen and oxygen atoms in total. The van der Waals surface area contributed by atoms with Gasteiger partial charge in [-0.05, 0) is 44.9 Å². The number of nitrogens with zero attached hydrogens (tertiary/aromatic N) is 1. The lowest BCUT2D eigenvalue weighted by molar-refractivity contribution is -0.143. The highest BCUT2D eigenvalue weighted by atomic mass is 16.6. The van der Waals surface area contributed by atoms with Crippen LogP contribution < -0.4 is 0 Å². The van der Waals surface area contributed by atoms with Crippen molar-refractivity contribution in [3.8, 4) is 0 Å². The van der Waals surface area contributed by atoms with Gasteiger partial charge < -0.3 is 9.84 Å². The minimum Gasteiger partial charge on any atom is -0.480 e. The van der Waals surface area contributed by atoms with E-state index >= 15 is 0 Å². The Morgan fingerprint density at radius 1 is 1.20 bits per heavy atom. The van der Waals surface area contributed by atoms with Crippen LogP contribution in [-0.2, 0) is 9.53 Å². The van der Waals surface area contributed by atoms with Crippen molar-refractivity contribution in [2.45, 2.75) is 66.0 Å². The normalized spacial score (nSPS) is 23.8. The lowest BCUT2D eigenvalue weighted by atomic mass is 9.81. The van der Waals surface area contributed by atoms with E-state index in [1.165, 1.54) is 4.90 Å². The average molecular weight is 285 g/mol. The topological polar surface area (TPSA) is 66.8 Å². The standard InChI is InChI=1S/C15H27NO4/c1-14(2,3)9-10-7-8-16(11(10)12(17)18)13(19)20-15(4,5)6/h10-11H,7-9H2,1-6H3,(H,17,18)/t10-,11-/m1/s1. The molecule has 0 bridgehead atoms. The molecular formula is C15H27NO4. The summed E-state index contributed by atoms with van der Waals surface area (Å²) >= 11 is 0. The van der Waals surface area contributed by atoms with Crippen LogP contribution in [0.4, 0.5) is 4.79 Å². The van der Waals surface area contributed by atoms with Gasteiger partial charge >= 0.3 is 12.1 Å². The second-order valence-corrected chi connectivity index (χ2v) is 7.77. The van der Waals surface area contributed by atoms with Gasteiger partial charge in [0.2, 0.25) is 0 Å².